The molecule has 0 aliphatic carbocycles. The van der Waals surface area contributed by atoms with Crippen molar-refractivity contribution in [1.29, 1.82) is 0 Å². The molecule has 1 amide bonds. The molecule has 0 spiro atoms. The van der Waals surface area contributed by atoms with Crippen LogP contribution >= 0.6 is 0 Å². The number of aryl methyl sites for hydroxylation is 2. The number of carbonyl (C=O) groups is 2. The third kappa shape index (κ3) is 5.06. The molecule has 1 heterocycles. The predicted molar refractivity (Wildman–Crippen MR) is 90.3 cm³/mol. The van der Waals surface area contributed by atoms with E-state index in [4.69, 9.17) is 4.74 Å². The van der Waals surface area contributed by atoms with Crippen molar-refractivity contribution < 1.29 is 14.3 Å². The summed E-state index contributed by atoms with van der Waals surface area (Å²) in [5.41, 5.74) is 3.18. The number of hydrogen-bond donors (Lipinski definition) is 1. The zero-order valence-electron chi connectivity index (χ0n) is 14.2. The van der Waals surface area contributed by atoms with Crippen molar-refractivity contribution in [2.45, 2.75) is 33.6 Å². The van der Waals surface area contributed by atoms with E-state index in [1.807, 2.05) is 43.9 Å². The number of carbonyl (C=O) groups excluding carboxylic acids is 2. The van der Waals surface area contributed by atoms with E-state index >= 15 is 0 Å². The molecule has 1 N–H and O–H groups in total. The first-order valence-electron chi connectivity index (χ1n) is 8.25. The van der Waals surface area contributed by atoms with E-state index in [1.54, 1.807) is 0 Å². The third-order valence-corrected chi connectivity index (χ3v) is 4.28. The molecule has 1 saturated heterocycles. The van der Waals surface area contributed by atoms with E-state index in [0.29, 0.717) is 19.7 Å². The van der Waals surface area contributed by atoms with Gasteiger partial charge in [-0.25, -0.2) is 0 Å². The first kappa shape index (κ1) is 17.5. The summed E-state index contributed by atoms with van der Waals surface area (Å²) in [5.74, 6) is -0.303. The van der Waals surface area contributed by atoms with Gasteiger partial charge >= 0.3 is 5.97 Å². The number of likely N-dealkylation sites (tertiary alicyclic amines) is 1. The van der Waals surface area contributed by atoms with E-state index in [2.05, 4.69) is 5.32 Å². The number of benzene rings is 1. The predicted octanol–water partition coefficient (Wildman–Crippen LogP) is 2.52. The quantitative estimate of drug-likeness (QED) is 0.848. The lowest BCUT2D eigenvalue weighted by atomic mass is 9.98. The topological polar surface area (TPSA) is 58.6 Å². The van der Waals surface area contributed by atoms with Gasteiger partial charge < -0.3 is 10.1 Å². The molecule has 5 heteroatoms. The fourth-order valence-electron chi connectivity index (χ4n) is 2.87. The maximum Gasteiger partial charge on any atom is 0.310 e. The highest BCUT2D eigenvalue weighted by atomic mass is 16.5. The first-order valence-corrected chi connectivity index (χ1v) is 8.25. The van der Waals surface area contributed by atoms with Crippen molar-refractivity contribution in [3.8, 4) is 0 Å². The molecule has 0 saturated carbocycles. The number of esters is 1. The maximum atomic E-state index is 12.2. The minimum atomic E-state index is -0.147. The summed E-state index contributed by atoms with van der Waals surface area (Å²) in [6, 6.07) is 5.89. The number of rotatable bonds is 5. The largest absolute Gasteiger partial charge is 0.466 e. The molecule has 1 fully saturated rings. The van der Waals surface area contributed by atoms with Crippen LogP contribution < -0.4 is 5.32 Å². The molecule has 23 heavy (non-hydrogen) atoms. The van der Waals surface area contributed by atoms with Crippen LogP contribution in [0.15, 0.2) is 18.2 Å². The number of amides is 1. The second-order valence-electron chi connectivity index (χ2n) is 6.17. The smallest absolute Gasteiger partial charge is 0.310 e. The minimum absolute atomic E-state index is 0.0437. The van der Waals surface area contributed by atoms with E-state index in [0.717, 1.165) is 30.6 Å². The SMILES string of the molecule is CCOC(=O)C1CCCN(CC(=O)Nc2ccc(C)c(C)c2)C1. The zero-order valence-corrected chi connectivity index (χ0v) is 14.2. The average molecular weight is 318 g/mol. The fraction of sp³-hybridized carbons (Fsp3) is 0.556. The lowest BCUT2D eigenvalue weighted by Crippen LogP contribution is -2.43. The van der Waals surface area contributed by atoms with Gasteiger partial charge in [-0.3, -0.25) is 14.5 Å². The summed E-state index contributed by atoms with van der Waals surface area (Å²) in [6.07, 6.45) is 1.76. The standard InChI is InChI=1S/C18H26N2O3/c1-4-23-18(22)15-6-5-9-20(11-15)12-17(21)19-16-8-7-13(2)14(3)10-16/h7-8,10,15H,4-6,9,11-12H2,1-3H3,(H,19,21). The van der Waals surface area contributed by atoms with Gasteiger partial charge in [0.25, 0.3) is 0 Å². The van der Waals surface area contributed by atoms with Crippen LogP contribution in [0.1, 0.15) is 30.9 Å². The van der Waals surface area contributed by atoms with Gasteiger partial charge in [0.05, 0.1) is 19.1 Å². The molecular weight excluding hydrogens is 292 g/mol. The Hall–Kier alpha value is -1.88. The molecule has 1 atom stereocenters. The van der Waals surface area contributed by atoms with Crippen LogP contribution in [-0.2, 0) is 14.3 Å². The third-order valence-electron chi connectivity index (χ3n) is 4.28. The Kier molecular flexibility index (Phi) is 6.16. The lowest BCUT2D eigenvalue weighted by Gasteiger charge is -2.30. The number of hydrogen-bond acceptors (Lipinski definition) is 4. The molecular formula is C18H26N2O3. The van der Waals surface area contributed by atoms with Crippen LogP contribution in [0.25, 0.3) is 0 Å². The Morgan fingerprint density at radius 1 is 1.30 bits per heavy atom. The van der Waals surface area contributed by atoms with Crippen molar-refractivity contribution in [2.75, 3.05) is 31.6 Å². The number of anilines is 1. The molecule has 2 rings (SSSR count). The molecule has 1 aliphatic heterocycles. The molecule has 0 bridgehead atoms. The summed E-state index contributed by atoms with van der Waals surface area (Å²) in [5, 5.41) is 2.93. The second kappa shape index (κ2) is 8.11. The summed E-state index contributed by atoms with van der Waals surface area (Å²) in [4.78, 5) is 26.1. The van der Waals surface area contributed by atoms with Gasteiger partial charge in [-0.2, -0.15) is 0 Å². The van der Waals surface area contributed by atoms with E-state index in [1.165, 1.54) is 5.56 Å². The van der Waals surface area contributed by atoms with Crippen LogP contribution in [0, 0.1) is 19.8 Å². The Bertz CT molecular complexity index is 571. The lowest BCUT2D eigenvalue weighted by molar-refractivity contribution is -0.150. The second-order valence-corrected chi connectivity index (χ2v) is 6.17. The highest BCUT2D eigenvalue weighted by Gasteiger charge is 2.27. The van der Waals surface area contributed by atoms with Crippen LogP contribution in [0.3, 0.4) is 0 Å². The number of piperidine rings is 1. The average Bonchev–Trinajstić information content (AvgIpc) is 2.51. The number of nitrogens with one attached hydrogen (secondary N) is 1. The van der Waals surface area contributed by atoms with Gasteiger partial charge in [-0.1, -0.05) is 6.07 Å². The Balaban J connectivity index is 1.86. The summed E-state index contributed by atoms with van der Waals surface area (Å²) >= 11 is 0. The van der Waals surface area contributed by atoms with Crippen molar-refractivity contribution in [3.63, 3.8) is 0 Å². The zero-order chi connectivity index (χ0) is 16.8. The number of nitrogens with zero attached hydrogens (tertiary/aromatic N) is 1. The first-order chi connectivity index (χ1) is 11.0. The monoisotopic (exact) mass is 318 g/mol. The van der Waals surface area contributed by atoms with Gasteiger partial charge in [0, 0.05) is 12.2 Å². The summed E-state index contributed by atoms with van der Waals surface area (Å²) in [6.45, 7) is 8.04. The van der Waals surface area contributed by atoms with Crippen LogP contribution in [0.5, 0.6) is 0 Å². The minimum Gasteiger partial charge on any atom is -0.466 e. The molecule has 126 valence electrons. The van der Waals surface area contributed by atoms with Crippen LogP contribution in [-0.4, -0.2) is 43.0 Å². The van der Waals surface area contributed by atoms with Gasteiger partial charge in [-0.05, 0) is 63.4 Å². The summed E-state index contributed by atoms with van der Waals surface area (Å²) < 4.78 is 5.09. The molecule has 5 nitrogen and oxygen atoms in total. The van der Waals surface area contributed by atoms with Crippen LogP contribution in [0.4, 0.5) is 5.69 Å². The molecule has 1 aliphatic rings. The van der Waals surface area contributed by atoms with Gasteiger partial charge in [0.2, 0.25) is 5.91 Å². The van der Waals surface area contributed by atoms with E-state index < -0.39 is 0 Å². The van der Waals surface area contributed by atoms with Crippen LogP contribution in [0.2, 0.25) is 0 Å². The normalized spacial score (nSPS) is 18.5. The van der Waals surface area contributed by atoms with E-state index in [9.17, 15) is 9.59 Å². The Morgan fingerprint density at radius 3 is 2.78 bits per heavy atom. The fourth-order valence-corrected chi connectivity index (χ4v) is 2.87. The van der Waals surface area contributed by atoms with Crippen molar-refractivity contribution in [1.82, 2.24) is 4.90 Å². The molecule has 1 aromatic carbocycles. The highest BCUT2D eigenvalue weighted by Crippen LogP contribution is 2.18. The maximum absolute atomic E-state index is 12.2. The Labute approximate surface area is 138 Å². The van der Waals surface area contributed by atoms with Crippen molar-refractivity contribution in [3.05, 3.63) is 29.3 Å². The summed E-state index contributed by atoms with van der Waals surface area (Å²) in [7, 11) is 0. The van der Waals surface area contributed by atoms with Crippen molar-refractivity contribution in [2.24, 2.45) is 5.92 Å². The molecule has 1 aromatic rings. The molecule has 0 aromatic heterocycles. The Morgan fingerprint density at radius 2 is 2.09 bits per heavy atom. The van der Waals surface area contributed by atoms with Gasteiger partial charge in [-0.15, -0.1) is 0 Å². The van der Waals surface area contributed by atoms with Gasteiger partial charge in [0.15, 0.2) is 0 Å². The molecule has 0 radical (unpaired) electrons. The highest BCUT2D eigenvalue weighted by molar-refractivity contribution is 5.92. The van der Waals surface area contributed by atoms with Gasteiger partial charge in [0.1, 0.15) is 0 Å². The molecule has 1 unspecified atom stereocenters. The van der Waals surface area contributed by atoms with E-state index in [-0.39, 0.29) is 17.8 Å². The van der Waals surface area contributed by atoms with Crippen molar-refractivity contribution >= 4 is 17.6 Å². The number of ether oxygens (including phenoxy) is 1.